The Morgan fingerprint density at radius 3 is 2.61 bits per heavy atom. The Hall–Kier alpha value is -2.38. The average Bonchev–Trinajstić information content (AvgIpc) is 3.36. The van der Waals surface area contributed by atoms with Crippen LogP contribution in [-0.4, -0.2) is 28.1 Å². The Balaban J connectivity index is 0.00000225. The molecule has 3 heterocycles. The predicted octanol–water partition coefficient (Wildman–Crippen LogP) is 3.69. The van der Waals surface area contributed by atoms with Gasteiger partial charge in [0.15, 0.2) is 0 Å². The Bertz CT molecular complexity index is 1040. The number of nitrogens with zero attached hydrogens (tertiary/aromatic N) is 2. The van der Waals surface area contributed by atoms with Gasteiger partial charge >= 0.3 is 0 Å². The summed E-state index contributed by atoms with van der Waals surface area (Å²) in [5.74, 6) is 1.76. The number of aryl methyl sites for hydroxylation is 3. The SMILES string of the molecule is Cc1cc(-c2cc(C(=O)NC(C)(CN)C3CC3)c3c(C)noc3n2)c(C)o1.Cl. The number of hydrogen-bond acceptors (Lipinski definition) is 6. The summed E-state index contributed by atoms with van der Waals surface area (Å²) in [5.41, 5.74) is 8.48. The minimum absolute atomic E-state index is 0. The molecule has 1 unspecified atom stereocenters. The van der Waals surface area contributed by atoms with Crippen LogP contribution in [0.4, 0.5) is 0 Å². The number of nitrogens with two attached hydrogens (primary N) is 1. The fraction of sp³-hybridized carbons (Fsp3) is 0.450. The third kappa shape index (κ3) is 3.40. The first kappa shape index (κ1) is 20.4. The van der Waals surface area contributed by atoms with Gasteiger partial charge < -0.3 is 20.0 Å². The first-order chi connectivity index (χ1) is 12.8. The molecule has 0 spiro atoms. The highest BCUT2D eigenvalue weighted by Crippen LogP contribution is 2.39. The molecule has 4 rings (SSSR count). The van der Waals surface area contributed by atoms with Gasteiger partial charge in [0.2, 0.25) is 0 Å². The monoisotopic (exact) mass is 404 g/mol. The van der Waals surface area contributed by atoms with E-state index in [2.05, 4.69) is 15.5 Å². The van der Waals surface area contributed by atoms with Gasteiger partial charge in [0.25, 0.3) is 11.6 Å². The second-order valence-corrected chi connectivity index (χ2v) is 7.68. The van der Waals surface area contributed by atoms with Gasteiger partial charge in [0.05, 0.1) is 27.9 Å². The van der Waals surface area contributed by atoms with E-state index in [9.17, 15) is 4.79 Å². The van der Waals surface area contributed by atoms with Gasteiger partial charge in [-0.25, -0.2) is 4.98 Å². The summed E-state index contributed by atoms with van der Waals surface area (Å²) in [5, 5.41) is 7.77. The van der Waals surface area contributed by atoms with E-state index in [1.165, 1.54) is 0 Å². The van der Waals surface area contributed by atoms with Crippen molar-refractivity contribution in [3.8, 4) is 11.3 Å². The zero-order chi connectivity index (χ0) is 19.3. The van der Waals surface area contributed by atoms with Crippen molar-refractivity contribution in [1.82, 2.24) is 15.5 Å². The maximum absolute atomic E-state index is 13.2. The molecule has 1 atom stereocenters. The summed E-state index contributed by atoms with van der Waals surface area (Å²) in [6, 6.07) is 3.69. The van der Waals surface area contributed by atoms with Crippen LogP contribution in [-0.2, 0) is 0 Å². The molecule has 150 valence electrons. The molecule has 8 heteroatoms. The lowest BCUT2D eigenvalue weighted by atomic mass is 9.95. The number of nitrogens with one attached hydrogen (secondary N) is 1. The highest BCUT2D eigenvalue weighted by molar-refractivity contribution is 6.07. The van der Waals surface area contributed by atoms with Crippen LogP contribution in [0.3, 0.4) is 0 Å². The third-order valence-corrected chi connectivity index (χ3v) is 5.48. The summed E-state index contributed by atoms with van der Waals surface area (Å²) < 4.78 is 11.0. The second-order valence-electron chi connectivity index (χ2n) is 7.68. The summed E-state index contributed by atoms with van der Waals surface area (Å²) >= 11 is 0. The number of pyridine rings is 1. The molecule has 28 heavy (non-hydrogen) atoms. The summed E-state index contributed by atoms with van der Waals surface area (Å²) in [6.07, 6.45) is 2.18. The molecule has 1 aliphatic carbocycles. The van der Waals surface area contributed by atoms with Crippen molar-refractivity contribution in [3.05, 3.63) is 34.9 Å². The van der Waals surface area contributed by atoms with Crippen molar-refractivity contribution in [2.45, 2.75) is 46.1 Å². The molecule has 0 saturated heterocycles. The number of halogens is 1. The first-order valence-corrected chi connectivity index (χ1v) is 9.19. The number of rotatable bonds is 5. The van der Waals surface area contributed by atoms with Crippen LogP contribution in [0.2, 0.25) is 0 Å². The molecule has 3 N–H and O–H groups in total. The average molecular weight is 405 g/mol. The van der Waals surface area contributed by atoms with Gasteiger partial charge in [-0.2, -0.15) is 0 Å². The van der Waals surface area contributed by atoms with Crippen molar-refractivity contribution in [2.75, 3.05) is 6.54 Å². The summed E-state index contributed by atoms with van der Waals surface area (Å²) in [4.78, 5) is 17.8. The topological polar surface area (TPSA) is 107 Å². The van der Waals surface area contributed by atoms with Crippen LogP contribution in [0, 0.1) is 26.7 Å². The molecule has 1 amide bonds. The van der Waals surface area contributed by atoms with Crippen LogP contribution in [0.5, 0.6) is 0 Å². The van der Waals surface area contributed by atoms with Crippen LogP contribution >= 0.6 is 12.4 Å². The molecule has 0 radical (unpaired) electrons. The van der Waals surface area contributed by atoms with E-state index in [1.54, 1.807) is 13.0 Å². The number of furan rings is 1. The highest BCUT2D eigenvalue weighted by Gasteiger charge is 2.42. The normalized spacial score (nSPS) is 15.9. The standard InChI is InChI=1S/C20H24N4O3.ClH/c1-10-7-14(12(3)26-10)16-8-15(17-11(2)24-27-19(17)22-16)18(25)23-20(4,9-21)13-5-6-13;/h7-8,13H,5-6,9,21H2,1-4H3,(H,23,25);1H. The number of amides is 1. The lowest BCUT2D eigenvalue weighted by Gasteiger charge is -2.29. The number of carbonyl (C=O) groups is 1. The molecule has 7 nitrogen and oxygen atoms in total. The van der Waals surface area contributed by atoms with E-state index in [1.807, 2.05) is 26.8 Å². The van der Waals surface area contributed by atoms with E-state index < -0.39 is 5.54 Å². The van der Waals surface area contributed by atoms with Gasteiger partial charge in [-0.05, 0) is 58.6 Å². The van der Waals surface area contributed by atoms with Gasteiger partial charge in [0, 0.05) is 12.1 Å². The maximum Gasteiger partial charge on any atom is 0.259 e. The van der Waals surface area contributed by atoms with E-state index in [0.717, 1.165) is 29.9 Å². The number of fused-ring (bicyclic) bond motifs is 1. The summed E-state index contributed by atoms with van der Waals surface area (Å²) in [7, 11) is 0. The minimum atomic E-state index is -0.417. The molecular formula is C20H25ClN4O3. The van der Waals surface area contributed by atoms with E-state index in [0.29, 0.717) is 40.5 Å². The van der Waals surface area contributed by atoms with E-state index >= 15 is 0 Å². The third-order valence-electron chi connectivity index (χ3n) is 5.48. The van der Waals surface area contributed by atoms with Gasteiger partial charge in [0.1, 0.15) is 11.5 Å². The maximum atomic E-state index is 13.2. The number of carbonyl (C=O) groups excluding carboxylic acids is 1. The van der Waals surface area contributed by atoms with Crippen LogP contribution in [0.15, 0.2) is 21.1 Å². The van der Waals surface area contributed by atoms with Crippen molar-refractivity contribution >= 4 is 29.4 Å². The minimum Gasteiger partial charge on any atom is -0.466 e. The fourth-order valence-electron chi connectivity index (χ4n) is 3.66. The number of hydrogen-bond donors (Lipinski definition) is 2. The van der Waals surface area contributed by atoms with Crippen molar-refractivity contribution in [2.24, 2.45) is 11.7 Å². The number of aromatic nitrogens is 2. The predicted molar refractivity (Wildman–Crippen MR) is 109 cm³/mol. The molecular weight excluding hydrogens is 380 g/mol. The van der Waals surface area contributed by atoms with Crippen LogP contribution in [0.1, 0.15) is 47.3 Å². The Kier molecular flexibility index (Phi) is 5.25. The highest BCUT2D eigenvalue weighted by atomic mass is 35.5. The molecule has 1 fully saturated rings. The molecule has 0 aromatic carbocycles. The first-order valence-electron chi connectivity index (χ1n) is 9.19. The van der Waals surface area contributed by atoms with Gasteiger partial charge in [-0.3, -0.25) is 4.79 Å². The fourth-order valence-corrected chi connectivity index (χ4v) is 3.66. The van der Waals surface area contributed by atoms with Crippen molar-refractivity contribution in [1.29, 1.82) is 0 Å². The lowest BCUT2D eigenvalue weighted by Crippen LogP contribution is -2.53. The molecule has 3 aromatic rings. The molecule has 0 aliphatic heterocycles. The molecule has 3 aromatic heterocycles. The lowest BCUT2D eigenvalue weighted by molar-refractivity contribution is 0.0899. The Morgan fingerprint density at radius 2 is 2.04 bits per heavy atom. The quantitative estimate of drug-likeness (QED) is 0.671. The van der Waals surface area contributed by atoms with Crippen molar-refractivity contribution in [3.63, 3.8) is 0 Å². The summed E-state index contributed by atoms with van der Waals surface area (Å²) in [6.45, 7) is 7.96. The molecule has 0 bridgehead atoms. The van der Waals surface area contributed by atoms with E-state index in [-0.39, 0.29) is 18.3 Å². The van der Waals surface area contributed by atoms with Crippen molar-refractivity contribution < 1.29 is 13.7 Å². The zero-order valence-corrected chi connectivity index (χ0v) is 17.3. The Morgan fingerprint density at radius 1 is 1.32 bits per heavy atom. The second kappa shape index (κ2) is 7.22. The smallest absolute Gasteiger partial charge is 0.259 e. The van der Waals surface area contributed by atoms with E-state index in [4.69, 9.17) is 14.7 Å². The van der Waals surface area contributed by atoms with Crippen LogP contribution < -0.4 is 11.1 Å². The molecule has 1 aliphatic rings. The van der Waals surface area contributed by atoms with Gasteiger partial charge in [-0.15, -0.1) is 12.4 Å². The molecule has 1 saturated carbocycles. The largest absolute Gasteiger partial charge is 0.466 e. The Labute approximate surface area is 169 Å². The zero-order valence-electron chi connectivity index (χ0n) is 16.5. The van der Waals surface area contributed by atoms with Gasteiger partial charge in [-0.1, -0.05) is 5.16 Å². The van der Waals surface area contributed by atoms with Crippen LogP contribution in [0.25, 0.3) is 22.4 Å².